The zero-order valence-corrected chi connectivity index (χ0v) is 15.3. The standard InChI is InChI=1S/C19H29FN4O/c1-13-10-16(12-24(13)17-6-7-17)23-19(21-3)22-11-14(2)25-18-8-4-15(20)5-9-18/h4-5,8-9,13-14,16-17H,6-7,10-12H2,1-3H3,(H2,21,22,23). The molecule has 1 saturated heterocycles. The van der Waals surface area contributed by atoms with Crippen LogP contribution in [0.2, 0.25) is 0 Å². The van der Waals surface area contributed by atoms with Gasteiger partial charge in [0.25, 0.3) is 0 Å². The van der Waals surface area contributed by atoms with E-state index in [9.17, 15) is 4.39 Å². The zero-order valence-electron chi connectivity index (χ0n) is 15.3. The maximum Gasteiger partial charge on any atom is 0.191 e. The van der Waals surface area contributed by atoms with E-state index in [4.69, 9.17) is 4.74 Å². The molecule has 25 heavy (non-hydrogen) atoms. The van der Waals surface area contributed by atoms with Gasteiger partial charge in [0.1, 0.15) is 17.7 Å². The Morgan fingerprint density at radius 1 is 1.36 bits per heavy atom. The minimum atomic E-state index is -0.256. The summed E-state index contributed by atoms with van der Waals surface area (Å²) >= 11 is 0. The predicted octanol–water partition coefficient (Wildman–Crippen LogP) is 2.38. The molecule has 1 heterocycles. The minimum absolute atomic E-state index is 0.0468. The lowest BCUT2D eigenvalue weighted by atomic mass is 10.2. The summed E-state index contributed by atoms with van der Waals surface area (Å²) in [6.45, 7) is 6.02. The molecular formula is C19H29FN4O. The molecule has 0 aromatic heterocycles. The van der Waals surface area contributed by atoms with Crippen molar-refractivity contribution in [3.8, 4) is 5.75 Å². The van der Waals surface area contributed by atoms with E-state index in [1.807, 2.05) is 6.92 Å². The number of rotatable bonds is 6. The fraction of sp³-hybridized carbons (Fsp3) is 0.632. The van der Waals surface area contributed by atoms with Crippen molar-refractivity contribution in [1.29, 1.82) is 0 Å². The van der Waals surface area contributed by atoms with Crippen LogP contribution in [0.25, 0.3) is 0 Å². The van der Waals surface area contributed by atoms with Gasteiger partial charge in [0.2, 0.25) is 0 Å². The van der Waals surface area contributed by atoms with Crippen LogP contribution < -0.4 is 15.4 Å². The molecule has 1 aliphatic heterocycles. The van der Waals surface area contributed by atoms with Crippen molar-refractivity contribution in [2.45, 2.75) is 57.3 Å². The van der Waals surface area contributed by atoms with Gasteiger partial charge in [-0.1, -0.05) is 0 Å². The Hall–Kier alpha value is -1.82. The fourth-order valence-corrected chi connectivity index (χ4v) is 3.49. The molecule has 3 atom stereocenters. The molecule has 2 aliphatic rings. The fourth-order valence-electron chi connectivity index (χ4n) is 3.49. The third-order valence-corrected chi connectivity index (χ3v) is 4.91. The summed E-state index contributed by atoms with van der Waals surface area (Å²) in [6, 6.07) is 7.99. The highest BCUT2D eigenvalue weighted by Gasteiger charge is 2.38. The Kier molecular flexibility index (Phi) is 5.78. The molecule has 3 unspecified atom stereocenters. The Labute approximate surface area is 149 Å². The summed E-state index contributed by atoms with van der Waals surface area (Å²) in [5.74, 6) is 1.22. The summed E-state index contributed by atoms with van der Waals surface area (Å²) in [5.41, 5.74) is 0. The smallest absolute Gasteiger partial charge is 0.191 e. The largest absolute Gasteiger partial charge is 0.489 e. The van der Waals surface area contributed by atoms with E-state index in [0.29, 0.717) is 24.4 Å². The highest BCUT2D eigenvalue weighted by atomic mass is 19.1. The summed E-state index contributed by atoms with van der Waals surface area (Å²) in [5, 5.41) is 6.85. The van der Waals surface area contributed by atoms with Crippen LogP contribution in [0, 0.1) is 5.82 Å². The van der Waals surface area contributed by atoms with Gasteiger partial charge in [0, 0.05) is 31.7 Å². The van der Waals surface area contributed by atoms with Crippen LogP contribution in [0.15, 0.2) is 29.3 Å². The van der Waals surface area contributed by atoms with Crippen molar-refractivity contribution in [1.82, 2.24) is 15.5 Å². The van der Waals surface area contributed by atoms with Crippen LogP contribution in [-0.4, -0.2) is 55.2 Å². The van der Waals surface area contributed by atoms with Gasteiger partial charge in [-0.25, -0.2) is 4.39 Å². The molecule has 5 nitrogen and oxygen atoms in total. The highest BCUT2D eigenvalue weighted by molar-refractivity contribution is 5.80. The Bertz CT molecular complexity index is 588. The average molecular weight is 348 g/mol. The molecule has 138 valence electrons. The number of guanidine groups is 1. The van der Waals surface area contributed by atoms with Gasteiger partial charge in [0.05, 0.1) is 6.54 Å². The first-order valence-electron chi connectivity index (χ1n) is 9.20. The third-order valence-electron chi connectivity index (χ3n) is 4.91. The molecule has 1 aliphatic carbocycles. The number of hydrogen-bond acceptors (Lipinski definition) is 3. The van der Waals surface area contributed by atoms with Crippen molar-refractivity contribution in [2.24, 2.45) is 4.99 Å². The average Bonchev–Trinajstić information content (AvgIpc) is 3.37. The Morgan fingerprint density at radius 2 is 2.08 bits per heavy atom. The second kappa shape index (κ2) is 8.04. The van der Waals surface area contributed by atoms with Crippen LogP contribution in [0.1, 0.15) is 33.1 Å². The maximum absolute atomic E-state index is 12.9. The number of nitrogens with one attached hydrogen (secondary N) is 2. The summed E-state index contributed by atoms with van der Waals surface area (Å²) in [4.78, 5) is 6.94. The SMILES string of the molecule is CN=C(NCC(C)Oc1ccc(F)cc1)NC1CC(C)N(C2CC2)C1. The number of nitrogens with zero attached hydrogens (tertiary/aromatic N) is 2. The molecular weight excluding hydrogens is 319 g/mol. The van der Waals surface area contributed by atoms with Gasteiger partial charge < -0.3 is 15.4 Å². The van der Waals surface area contributed by atoms with Gasteiger partial charge in [-0.05, 0) is 57.4 Å². The molecule has 6 heteroatoms. The van der Waals surface area contributed by atoms with Crippen molar-refractivity contribution in [3.05, 3.63) is 30.1 Å². The first-order chi connectivity index (χ1) is 12.0. The number of ether oxygens (including phenoxy) is 1. The van der Waals surface area contributed by atoms with Crippen LogP contribution in [0.5, 0.6) is 5.75 Å². The molecule has 0 spiro atoms. The number of benzene rings is 1. The number of likely N-dealkylation sites (tertiary alicyclic amines) is 1. The summed E-state index contributed by atoms with van der Waals surface area (Å²) < 4.78 is 18.7. The lowest BCUT2D eigenvalue weighted by Crippen LogP contribution is -2.47. The van der Waals surface area contributed by atoms with Crippen molar-refractivity contribution in [2.75, 3.05) is 20.1 Å². The monoisotopic (exact) mass is 348 g/mol. The normalized spacial score (nSPS) is 25.7. The minimum Gasteiger partial charge on any atom is -0.489 e. The number of aliphatic imine (C=N–C) groups is 1. The number of hydrogen-bond donors (Lipinski definition) is 2. The van der Waals surface area contributed by atoms with Crippen molar-refractivity contribution >= 4 is 5.96 Å². The van der Waals surface area contributed by atoms with E-state index in [1.165, 1.54) is 25.0 Å². The van der Waals surface area contributed by atoms with Gasteiger partial charge in [-0.2, -0.15) is 0 Å². The highest BCUT2D eigenvalue weighted by Crippen LogP contribution is 2.33. The molecule has 0 radical (unpaired) electrons. The second-order valence-electron chi connectivity index (χ2n) is 7.19. The van der Waals surface area contributed by atoms with Crippen molar-refractivity contribution in [3.63, 3.8) is 0 Å². The topological polar surface area (TPSA) is 48.9 Å². The lowest BCUT2D eigenvalue weighted by Gasteiger charge is -2.21. The van der Waals surface area contributed by atoms with E-state index in [0.717, 1.165) is 25.0 Å². The summed E-state index contributed by atoms with van der Waals surface area (Å²) in [6.07, 6.45) is 3.80. The van der Waals surface area contributed by atoms with Crippen LogP contribution in [0.4, 0.5) is 4.39 Å². The Balaban J connectivity index is 1.42. The Morgan fingerprint density at radius 3 is 2.72 bits per heavy atom. The third kappa shape index (κ3) is 5.08. The lowest BCUT2D eigenvalue weighted by molar-refractivity contribution is 0.223. The van der Waals surface area contributed by atoms with E-state index < -0.39 is 0 Å². The zero-order chi connectivity index (χ0) is 17.8. The van der Waals surface area contributed by atoms with E-state index >= 15 is 0 Å². The van der Waals surface area contributed by atoms with Gasteiger partial charge in [0.15, 0.2) is 5.96 Å². The van der Waals surface area contributed by atoms with E-state index in [-0.39, 0.29) is 11.9 Å². The van der Waals surface area contributed by atoms with Gasteiger partial charge in [-0.3, -0.25) is 9.89 Å². The van der Waals surface area contributed by atoms with E-state index in [2.05, 4.69) is 27.4 Å². The van der Waals surface area contributed by atoms with Crippen LogP contribution >= 0.6 is 0 Å². The molecule has 0 amide bonds. The first kappa shape index (κ1) is 18.0. The number of halogens is 1. The molecule has 1 saturated carbocycles. The molecule has 3 rings (SSSR count). The molecule has 0 bridgehead atoms. The van der Waals surface area contributed by atoms with Crippen molar-refractivity contribution < 1.29 is 9.13 Å². The maximum atomic E-state index is 12.9. The molecule has 2 N–H and O–H groups in total. The molecule has 1 aromatic rings. The molecule has 2 fully saturated rings. The van der Waals surface area contributed by atoms with E-state index in [1.54, 1.807) is 19.2 Å². The van der Waals surface area contributed by atoms with Crippen LogP contribution in [0.3, 0.4) is 0 Å². The van der Waals surface area contributed by atoms with Gasteiger partial charge >= 0.3 is 0 Å². The van der Waals surface area contributed by atoms with Crippen LogP contribution in [-0.2, 0) is 0 Å². The molecule has 1 aromatic carbocycles. The van der Waals surface area contributed by atoms with Gasteiger partial charge in [-0.15, -0.1) is 0 Å². The summed E-state index contributed by atoms with van der Waals surface area (Å²) in [7, 11) is 1.79. The first-order valence-corrected chi connectivity index (χ1v) is 9.20. The quantitative estimate of drug-likeness (QED) is 0.612. The second-order valence-corrected chi connectivity index (χ2v) is 7.19. The predicted molar refractivity (Wildman–Crippen MR) is 98.6 cm³/mol.